The van der Waals surface area contributed by atoms with Gasteiger partial charge in [0.2, 0.25) is 0 Å². The topological polar surface area (TPSA) is 15.6 Å². The highest BCUT2D eigenvalue weighted by atomic mass is 15.1. The maximum Gasteiger partial charge on any atom is 0.0664 e. The molecule has 0 unspecified atom stereocenters. The van der Waals surface area contributed by atoms with Gasteiger partial charge < -0.3 is 4.90 Å². The van der Waals surface area contributed by atoms with Crippen molar-refractivity contribution >= 4 is 5.71 Å². The van der Waals surface area contributed by atoms with Crippen LogP contribution in [0.25, 0.3) is 0 Å². The molecule has 2 heteroatoms. The molecule has 1 heterocycles. The minimum absolute atomic E-state index is 0.870. The Morgan fingerprint density at radius 2 is 1.93 bits per heavy atom. The number of hydrogen-bond donors (Lipinski definition) is 0. The second kappa shape index (κ2) is 4.30. The smallest absolute Gasteiger partial charge is 0.0664 e. The van der Waals surface area contributed by atoms with E-state index in [1.807, 2.05) is 6.07 Å². The number of aliphatic imine (C=N–C) groups is 1. The average Bonchev–Trinajstić information content (AvgIpc) is 2.43. The van der Waals surface area contributed by atoms with Gasteiger partial charge in [0.1, 0.15) is 0 Å². The van der Waals surface area contributed by atoms with E-state index in [1.165, 1.54) is 11.3 Å². The normalized spacial score (nSPS) is 16.8. The first-order chi connectivity index (χ1) is 7.27. The molecule has 15 heavy (non-hydrogen) atoms. The molecule has 0 saturated heterocycles. The number of likely N-dealkylation sites (N-methyl/N-ethyl adjacent to an activating group) is 1. The Bertz CT molecular complexity index is 390. The van der Waals surface area contributed by atoms with Crippen LogP contribution in [0.2, 0.25) is 0 Å². The Morgan fingerprint density at radius 3 is 2.67 bits per heavy atom. The summed E-state index contributed by atoms with van der Waals surface area (Å²) in [5.74, 6) is 0. The molecule has 0 fully saturated rings. The van der Waals surface area contributed by atoms with E-state index in [9.17, 15) is 0 Å². The lowest BCUT2D eigenvalue weighted by Gasteiger charge is -2.16. The fourth-order valence-electron chi connectivity index (χ4n) is 1.63. The summed E-state index contributed by atoms with van der Waals surface area (Å²) in [6, 6.07) is 10.3. The highest BCUT2D eigenvalue weighted by Crippen LogP contribution is 2.10. The second-order valence-corrected chi connectivity index (χ2v) is 3.84. The van der Waals surface area contributed by atoms with Gasteiger partial charge in [-0.2, -0.15) is 0 Å². The zero-order valence-corrected chi connectivity index (χ0v) is 9.27. The number of nitrogens with zero attached hydrogens (tertiary/aromatic N) is 2. The molecule has 2 rings (SSSR count). The molecule has 0 amide bonds. The van der Waals surface area contributed by atoms with Crippen LogP contribution in [0.4, 0.5) is 0 Å². The highest BCUT2D eigenvalue weighted by molar-refractivity contribution is 6.09. The van der Waals surface area contributed by atoms with Crippen LogP contribution < -0.4 is 0 Å². The first-order valence-corrected chi connectivity index (χ1v) is 5.26. The maximum atomic E-state index is 4.59. The zero-order valence-electron chi connectivity index (χ0n) is 9.27. The number of benzene rings is 1. The molecule has 2 nitrogen and oxygen atoms in total. The van der Waals surface area contributed by atoms with Gasteiger partial charge in [-0.25, -0.2) is 0 Å². The van der Waals surface area contributed by atoms with Gasteiger partial charge in [0, 0.05) is 19.3 Å². The van der Waals surface area contributed by atoms with Crippen molar-refractivity contribution in [2.24, 2.45) is 4.99 Å². The van der Waals surface area contributed by atoms with Crippen LogP contribution in [0.1, 0.15) is 12.5 Å². The quantitative estimate of drug-likeness (QED) is 0.679. The summed E-state index contributed by atoms with van der Waals surface area (Å²) in [4.78, 5) is 6.83. The van der Waals surface area contributed by atoms with Crippen LogP contribution >= 0.6 is 0 Å². The van der Waals surface area contributed by atoms with Crippen molar-refractivity contribution in [3.63, 3.8) is 0 Å². The van der Waals surface area contributed by atoms with Gasteiger partial charge in [-0.05, 0) is 18.6 Å². The second-order valence-electron chi connectivity index (χ2n) is 3.84. The minimum Gasteiger partial charge on any atom is -0.376 e. The standard InChI is InChI=1S/C13H16N2/c1-11-10-13(14-8-9-15(11)2)12-6-4-3-5-7-12/h3-7,10H,8-9H2,1-2H3. The summed E-state index contributed by atoms with van der Waals surface area (Å²) in [5, 5.41) is 0. The fraction of sp³-hybridized carbons (Fsp3) is 0.308. The van der Waals surface area contributed by atoms with Gasteiger partial charge in [0.15, 0.2) is 0 Å². The van der Waals surface area contributed by atoms with Crippen LogP contribution in [-0.2, 0) is 0 Å². The molecule has 1 aromatic rings. The van der Waals surface area contributed by atoms with Gasteiger partial charge >= 0.3 is 0 Å². The predicted octanol–water partition coefficient (Wildman–Crippen LogP) is 2.32. The van der Waals surface area contributed by atoms with Crippen molar-refractivity contribution in [3.05, 3.63) is 47.7 Å². The molecule has 0 saturated carbocycles. The molecule has 0 bridgehead atoms. The molecule has 0 aromatic heterocycles. The monoisotopic (exact) mass is 200 g/mol. The average molecular weight is 200 g/mol. The van der Waals surface area contributed by atoms with Gasteiger partial charge in [-0.3, -0.25) is 4.99 Å². The largest absolute Gasteiger partial charge is 0.376 e. The van der Waals surface area contributed by atoms with E-state index in [0.29, 0.717) is 0 Å². The third-order valence-corrected chi connectivity index (χ3v) is 2.73. The first-order valence-electron chi connectivity index (χ1n) is 5.26. The first kappa shape index (κ1) is 9.97. The molecule has 1 aromatic carbocycles. The van der Waals surface area contributed by atoms with E-state index in [2.05, 4.69) is 54.2 Å². The summed E-state index contributed by atoms with van der Waals surface area (Å²) >= 11 is 0. The van der Waals surface area contributed by atoms with Crippen molar-refractivity contribution < 1.29 is 0 Å². The Labute approximate surface area is 90.9 Å². The van der Waals surface area contributed by atoms with Crippen LogP contribution in [0.15, 0.2) is 47.1 Å². The number of hydrogen-bond acceptors (Lipinski definition) is 2. The number of allylic oxidation sites excluding steroid dienone is 2. The van der Waals surface area contributed by atoms with Crippen molar-refractivity contribution in [2.75, 3.05) is 20.1 Å². The molecule has 78 valence electrons. The van der Waals surface area contributed by atoms with Gasteiger partial charge in [-0.1, -0.05) is 30.3 Å². The molecular weight excluding hydrogens is 184 g/mol. The fourth-order valence-corrected chi connectivity index (χ4v) is 1.63. The van der Waals surface area contributed by atoms with Crippen LogP contribution in [0.5, 0.6) is 0 Å². The predicted molar refractivity (Wildman–Crippen MR) is 64.2 cm³/mol. The van der Waals surface area contributed by atoms with Crippen LogP contribution in [0, 0.1) is 0 Å². The van der Waals surface area contributed by atoms with Crippen molar-refractivity contribution in [1.29, 1.82) is 0 Å². The molecule has 0 radical (unpaired) electrons. The van der Waals surface area contributed by atoms with Gasteiger partial charge in [0.05, 0.1) is 12.3 Å². The number of rotatable bonds is 1. The Kier molecular flexibility index (Phi) is 2.86. The maximum absolute atomic E-state index is 4.59. The van der Waals surface area contributed by atoms with E-state index < -0.39 is 0 Å². The minimum atomic E-state index is 0.870. The lowest BCUT2D eigenvalue weighted by Crippen LogP contribution is -2.17. The molecule has 1 aliphatic heterocycles. The highest BCUT2D eigenvalue weighted by Gasteiger charge is 2.07. The van der Waals surface area contributed by atoms with Crippen LogP contribution in [0.3, 0.4) is 0 Å². The van der Waals surface area contributed by atoms with E-state index in [4.69, 9.17) is 0 Å². The third kappa shape index (κ3) is 2.27. The van der Waals surface area contributed by atoms with Crippen molar-refractivity contribution in [2.45, 2.75) is 6.92 Å². The zero-order chi connectivity index (χ0) is 10.7. The Morgan fingerprint density at radius 1 is 1.20 bits per heavy atom. The van der Waals surface area contributed by atoms with Crippen LogP contribution in [-0.4, -0.2) is 30.7 Å². The Hall–Kier alpha value is -1.57. The van der Waals surface area contributed by atoms with Crippen molar-refractivity contribution in [1.82, 2.24) is 4.90 Å². The van der Waals surface area contributed by atoms with E-state index >= 15 is 0 Å². The third-order valence-electron chi connectivity index (χ3n) is 2.73. The van der Waals surface area contributed by atoms with E-state index in [1.54, 1.807) is 0 Å². The van der Waals surface area contributed by atoms with Crippen molar-refractivity contribution in [3.8, 4) is 0 Å². The molecule has 1 aliphatic rings. The lowest BCUT2D eigenvalue weighted by molar-refractivity contribution is 0.433. The van der Waals surface area contributed by atoms with E-state index in [0.717, 1.165) is 18.8 Å². The summed E-state index contributed by atoms with van der Waals surface area (Å²) in [7, 11) is 2.11. The molecule has 0 aliphatic carbocycles. The summed E-state index contributed by atoms with van der Waals surface area (Å²) in [6.45, 7) is 4.00. The summed E-state index contributed by atoms with van der Waals surface area (Å²) in [6.07, 6.45) is 2.16. The SMILES string of the molecule is CC1=CC(c2ccccc2)=NCCN1C. The van der Waals surface area contributed by atoms with E-state index in [-0.39, 0.29) is 0 Å². The molecule has 0 atom stereocenters. The summed E-state index contributed by atoms with van der Waals surface area (Å²) in [5.41, 5.74) is 3.57. The molecular formula is C13H16N2. The Balaban J connectivity index is 2.33. The lowest BCUT2D eigenvalue weighted by atomic mass is 10.1. The van der Waals surface area contributed by atoms with Gasteiger partial charge in [0.25, 0.3) is 0 Å². The summed E-state index contributed by atoms with van der Waals surface area (Å²) < 4.78 is 0. The van der Waals surface area contributed by atoms with Gasteiger partial charge in [-0.15, -0.1) is 0 Å². The molecule has 0 N–H and O–H groups in total. The molecule has 0 spiro atoms.